The lowest BCUT2D eigenvalue weighted by Gasteiger charge is -2.34. The maximum Gasteiger partial charge on any atom is 0.498 e. The van der Waals surface area contributed by atoms with Gasteiger partial charge in [0.05, 0.1) is 11.2 Å². The summed E-state index contributed by atoms with van der Waals surface area (Å²) in [5.74, 6) is 0.476. The fourth-order valence-electron chi connectivity index (χ4n) is 4.44. The summed E-state index contributed by atoms with van der Waals surface area (Å²) in [7, 11) is -0.520. The van der Waals surface area contributed by atoms with E-state index in [1.165, 1.54) is 0 Å². The largest absolute Gasteiger partial charge is 0.498 e. The summed E-state index contributed by atoms with van der Waals surface area (Å²) in [6.45, 7) is 20.5. The standard InChI is InChI=1S/C26H44BN5O5/c1-17(2)32(22-28-14-19(15-29-22)27-36-25(7,8)26(9,10)37-27)16-20-12-11-13-31(20)21(33)18(3)30-23(34)35-24(4,5)6/h14-15,17-18,20H,11-13,16H2,1-10H3,(H,30,34)/t18-,20-/m1/s1. The first-order chi connectivity index (χ1) is 17.0. The molecular weight excluding hydrogens is 473 g/mol. The van der Waals surface area contributed by atoms with E-state index in [2.05, 4.69) is 34.0 Å². The van der Waals surface area contributed by atoms with E-state index in [-0.39, 0.29) is 18.0 Å². The van der Waals surface area contributed by atoms with Gasteiger partial charge in [-0.25, -0.2) is 14.8 Å². The average molecular weight is 517 g/mol. The fourth-order valence-corrected chi connectivity index (χ4v) is 4.44. The van der Waals surface area contributed by atoms with Crippen LogP contribution in [0.4, 0.5) is 10.7 Å². The molecule has 11 heteroatoms. The van der Waals surface area contributed by atoms with Crippen LogP contribution in [-0.4, -0.2) is 82.0 Å². The maximum atomic E-state index is 13.2. The molecule has 2 saturated heterocycles. The van der Waals surface area contributed by atoms with Gasteiger partial charge in [0.2, 0.25) is 11.9 Å². The maximum absolute atomic E-state index is 13.2. The summed E-state index contributed by atoms with van der Waals surface area (Å²) in [5.41, 5.74) is -0.729. The van der Waals surface area contributed by atoms with Crippen molar-refractivity contribution in [1.29, 1.82) is 0 Å². The number of hydrogen-bond donors (Lipinski definition) is 1. The second kappa shape index (κ2) is 10.8. The molecule has 0 radical (unpaired) electrons. The van der Waals surface area contributed by atoms with Crippen molar-refractivity contribution in [3.8, 4) is 0 Å². The van der Waals surface area contributed by atoms with Crippen LogP contribution in [0.3, 0.4) is 0 Å². The highest BCUT2D eigenvalue weighted by atomic mass is 16.7. The molecule has 1 aromatic heterocycles. The Kier molecular flexibility index (Phi) is 8.49. The Bertz CT molecular complexity index is 947. The van der Waals surface area contributed by atoms with Crippen LogP contribution < -0.4 is 15.7 Å². The molecule has 0 spiro atoms. The molecule has 1 N–H and O–H groups in total. The molecule has 10 nitrogen and oxygen atoms in total. The Morgan fingerprint density at radius 2 is 1.73 bits per heavy atom. The lowest BCUT2D eigenvalue weighted by atomic mass is 9.81. The van der Waals surface area contributed by atoms with Gasteiger partial charge < -0.3 is 29.2 Å². The topological polar surface area (TPSA) is 106 Å². The molecule has 2 aliphatic rings. The summed E-state index contributed by atoms with van der Waals surface area (Å²) in [5, 5.41) is 2.67. The molecule has 3 rings (SSSR count). The van der Waals surface area contributed by atoms with Gasteiger partial charge in [0.25, 0.3) is 0 Å². The number of rotatable bonds is 7. The van der Waals surface area contributed by atoms with Crippen LogP contribution in [-0.2, 0) is 18.8 Å². The van der Waals surface area contributed by atoms with Gasteiger partial charge >= 0.3 is 13.2 Å². The van der Waals surface area contributed by atoms with Crippen molar-refractivity contribution in [1.82, 2.24) is 20.2 Å². The third kappa shape index (κ3) is 6.93. The van der Waals surface area contributed by atoms with Crippen LogP contribution in [0, 0.1) is 0 Å². The molecule has 0 aliphatic carbocycles. The number of nitrogens with zero attached hydrogens (tertiary/aromatic N) is 4. The minimum Gasteiger partial charge on any atom is -0.444 e. The highest BCUT2D eigenvalue weighted by Crippen LogP contribution is 2.36. The molecule has 2 atom stereocenters. The average Bonchev–Trinajstić information content (AvgIpc) is 3.31. The number of alkyl carbamates (subject to hydrolysis) is 1. The molecule has 37 heavy (non-hydrogen) atoms. The normalized spacial score (nSPS) is 21.8. The Labute approximate surface area is 222 Å². The van der Waals surface area contributed by atoms with Gasteiger partial charge in [-0.05, 0) is 82.1 Å². The number of amides is 2. The SMILES string of the molecule is CC(C)N(C[C@H]1CCCN1C(=O)[C@@H](C)NC(=O)OC(C)(C)C)c1ncc(B2OC(C)(C)C(C)(C)O2)cn1. The molecule has 0 bridgehead atoms. The quantitative estimate of drug-likeness (QED) is 0.551. The van der Waals surface area contributed by atoms with Crippen molar-refractivity contribution in [3.63, 3.8) is 0 Å². The first kappa shape index (κ1) is 29.2. The van der Waals surface area contributed by atoms with Crippen molar-refractivity contribution in [3.05, 3.63) is 12.4 Å². The summed E-state index contributed by atoms with van der Waals surface area (Å²) >= 11 is 0. The minimum absolute atomic E-state index is 0.0100. The molecule has 0 aromatic carbocycles. The van der Waals surface area contributed by atoms with Crippen molar-refractivity contribution in [2.24, 2.45) is 0 Å². The van der Waals surface area contributed by atoms with Gasteiger partial charge in [0.1, 0.15) is 11.6 Å². The minimum atomic E-state index is -0.682. The summed E-state index contributed by atoms with van der Waals surface area (Å²) in [6, 6.07) is -0.569. The zero-order valence-electron chi connectivity index (χ0n) is 24.1. The van der Waals surface area contributed by atoms with Crippen molar-refractivity contribution in [2.75, 3.05) is 18.0 Å². The highest BCUT2D eigenvalue weighted by Gasteiger charge is 2.52. The molecule has 2 amide bonds. The van der Waals surface area contributed by atoms with Crippen LogP contribution in [0.1, 0.15) is 82.1 Å². The van der Waals surface area contributed by atoms with E-state index in [0.717, 1.165) is 18.3 Å². The van der Waals surface area contributed by atoms with Crippen LogP contribution in [0.2, 0.25) is 0 Å². The summed E-state index contributed by atoms with van der Waals surface area (Å²) < 4.78 is 17.6. The molecule has 0 saturated carbocycles. The second-order valence-corrected chi connectivity index (χ2v) is 12.3. The molecule has 206 valence electrons. The predicted octanol–water partition coefficient (Wildman–Crippen LogP) is 2.89. The van der Waals surface area contributed by atoms with Crippen LogP contribution >= 0.6 is 0 Å². The predicted molar refractivity (Wildman–Crippen MR) is 144 cm³/mol. The van der Waals surface area contributed by atoms with E-state index >= 15 is 0 Å². The van der Waals surface area contributed by atoms with E-state index in [9.17, 15) is 9.59 Å². The van der Waals surface area contributed by atoms with Gasteiger partial charge in [0, 0.05) is 43.0 Å². The van der Waals surface area contributed by atoms with E-state index < -0.39 is 36.1 Å². The summed E-state index contributed by atoms with van der Waals surface area (Å²) in [4.78, 5) is 38.6. The molecular formula is C26H44BN5O5. The number of aromatic nitrogens is 2. The number of carbonyl (C=O) groups excluding carboxylic acids is 2. The molecule has 0 unspecified atom stereocenters. The Morgan fingerprint density at radius 3 is 2.24 bits per heavy atom. The number of hydrogen-bond acceptors (Lipinski definition) is 8. The Hall–Kier alpha value is -2.40. The number of nitrogens with one attached hydrogen (secondary N) is 1. The summed E-state index contributed by atoms with van der Waals surface area (Å²) in [6.07, 6.45) is 4.70. The Balaban J connectivity index is 1.67. The second-order valence-electron chi connectivity index (χ2n) is 12.3. The van der Waals surface area contributed by atoms with Crippen LogP contribution in [0.15, 0.2) is 12.4 Å². The molecule has 1 aromatic rings. The van der Waals surface area contributed by atoms with Gasteiger partial charge in [0.15, 0.2) is 0 Å². The molecule has 2 aliphatic heterocycles. The molecule has 2 fully saturated rings. The van der Waals surface area contributed by atoms with E-state index in [1.54, 1.807) is 40.1 Å². The lowest BCUT2D eigenvalue weighted by Crippen LogP contribution is -2.52. The van der Waals surface area contributed by atoms with Crippen molar-refractivity contribution in [2.45, 2.75) is 117 Å². The third-order valence-electron chi connectivity index (χ3n) is 7.24. The van der Waals surface area contributed by atoms with Gasteiger partial charge in [-0.3, -0.25) is 4.79 Å². The number of ether oxygens (including phenoxy) is 1. The van der Waals surface area contributed by atoms with Gasteiger partial charge in [-0.1, -0.05) is 0 Å². The smallest absolute Gasteiger partial charge is 0.444 e. The van der Waals surface area contributed by atoms with Crippen LogP contribution in [0.5, 0.6) is 0 Å². The molecule has 3 heterocycles. The van der Waals surface area contributed by atoms with Crippen molar-refractivity contribution >= 4 is 30.5 Å². The fraction of sp³-hybridized carbons (Fsp3) is 0.769. The highest BCUT2D eigenvalue weighted by molar-refractivity contribution is 6.61. The van der Waals surface area contributed by atoms with E-state index in [4.69, 9.17) is 14.0 Å². The van der Waals surface area contributed by atoms with E-state index in [0.29, 0.717) is 19.0 Å². The monoisotopic (exact) mass is 517 g/mol. The number of anilines is 1. The van der Waals surface area contributed by atoms with Crippen LogP contribution in [0.25, 0.3) is 0 Å². The zero-order chi connectivity index (χ0) is 27.8. The zero-order valence-corrected chi connectivity index (χ0v) is 24.1. The third-order valence-corrected chi connectivity index (χ3v) is 7.24. The number of carbonyl (C=O) groups is 2. The lowest BCUT2D eigenvalue weighted by molar-refractivity contribution is -0.133. The first-order valence-corrected chi connectivity index (χ1v) is 13.2. The first-order valence-electron chi connectivity index (χ1n) is 13.2. The van der Waals surface area contributed by atoms with Crippen molar-refractivity contribution < 1.29 is 23.6 Å². The van der Waals surface area contributed by atoms with Gasteiger partial charge in [-0.2, -0.15) is 0 Å². The van der Waals surface area contributed by atoms with Gasteiger partial charge in [-0.15, -0.1) is 0 Å². The number of likely N-dealkylation sites (tertiary alicyclic amines) is 1. The Morgan fingerprint density at radius 1 is 1.16 bits per heavy atom. The van der Waals surface area contributed by atoms with E-state index in [1.807, 2.05) is 32.6 Å².